The van der Waals surface area contributed by atoms with Crippen molar-refractivity contribution in [1.82, 2.24) is 30.7 Å². The number of aromatic nitrogens is 3. The number of aryl methyl sites for hydroxylation is 1. The van der Waals surface area contributed by atoms with Gasteiger partial charge in [0.1, 0.15) is 11.4 Å². The zero-order chi connectivity index (χ0) is 22.3. The highest BCUT2D eigenvalue weighted by atomic mass is 127. The smallest absolute Gasteiger partial charge is 0.407 e. The monoisotopic (exact) mass is 549 g/mol. The molecule has 1 aliphatic rings. The van der Waals surface area contributed by atoms with Crippen LogP contribution in [0.4, 0.5) is 4.79 Å². The van der Waals surface area contributed by atoms with Crippen LogP contribution in [0.25, 0.3) is 0 Å². The van der Waals surface area contributed by atoms with Gasteiger partial charge in [-0.3, -0.25) is 4.99 Å². The van der Waals surface area contributed by atoms with E-state index in [0.717, 1.165) is 49.8 Å². The Morgan fingerprint density at radius 3 is 2.65 bits per heavy atom. The second kappa shape index (κ2) is 12.4. The molecule has 0 fully saturated rings. The number of amides is 1. The summed E-state index contributed by atoms with van der Waals surface area (Å²) in [6.45, 7) is 13.2. The van der Waals surface area contributed by atoms with Gasteiger partial charge in [0, 0.05) is 38.0 Å². The number of halogens is 1. The molecular formula is C21H40IN7O2. The summed E-state index contributed by atoms with van der Waals surface area (Å²) in [5.41, 5.74) is -0.511. The van der Waals surface area contributed by atoms with Crippen LogP contribution in [-0.4, -0.2) is 58.1 Å². The number of ether oxygens (including phenoxy) is 1. The van der Waals surface area contributed by atoms with Crippen LogP contribution in [-0.2, 0) is 17.7 Å². The molecule has 1 aliphatic heterocycles. The van der Waals surface area contributed by atoms with Gasteiger partial charge < -0.3 is 20.7 Å². The fourth-order valence-corrected chi connectivity index (χ4v) is 3.35. The third-order valence-corrected chi connectivity index (χ3v) is 4.83. The molecule has 0 saturated carbocycles. The Hall–Kier alpha value is -1.59. The van der Waals surface area contributed by atoms with E-state index in [1.54, 1.807) is 7.05 Å². The third-order valence-electron chi connectivity index (χ3n) is 4.83. The molecule has 0 bridgehead atoms. The van der Waals surface area contributed by atoms with Gasteiger partial charge in [0.15, 0.2) is 11.8 Å². The predicted octanol–water partition coefficient (Wildman–Crippen LogP) is 3.19. The first-order valence-corrected chi connectivity index (χ1v) is 11.0. The zero-order valence-corrected chi connectivity index (χ0v) is 22.3. The second-order valence-electron chi connectivity index (χ2n) is 9.19. The topological polar surface area (TPSA) is 105 Å². The molecule has 10 heteroatoms. The predicted molar refractivity (Wildman–Crippen MR) is 134 cm³/mol. The number of carbonyl (C=O) groups excluding carboxylic acids is 1. The summed E-state index contributed by atoms with van der Waals surface area (Å²) in [4.78, 5) is 21.1. The minimum Gasteiger partial charge on any atom is -0.444 e. The third kappa shape index (κ3) is 9.20. The number of fused-ring (bicyclic) bond motifs is 1. The number of guanidine groups is 1. The van der Waals surface area contributed by atoms with Crippen LogP contribution in [0.5, 0.6) is 0 Å². The Bertz CT molecular complexity index is 728. The number of alkyl carbamates (subject to hydrolysis) is 1. The molecule has 2 rings (SSSR count). The molecule has 2 unspecified atom stereocenters. The van der Waals surface area contributed by atoms with Crippen molar-refractivity contribution in [2.45, 2.75) is 97.4 Å². The molecule has 0 spiro atoms. The van der Waals surface area contributed by atoms with Crippen molar-refractivity contribution in [2.75, 3.05) is 13.6 Å². The van der Waals surface area contributed by atoms with Gasteiger partial charge in [0.25, 0.3) is 0 Å². The number of aliphatic imine (C=N–C) groups is 1. The molecule has 2 heterocycles. The largest absolute Gasteiger partial charge is 0.444 e. The number of hydrogen-bond acceptors (Lipinski definition) is 5. The van der Waals surface area contributed by atoms with E-state index < -0.39 is 11.7 Å². The summed E-state index contributed by atoms with van der Waals surface area (Å²) in [5, 5.41) is 14.4. The highest BCUT2D eigenvalue weighted by Gasteiger charge is 2.24. The number of nitrogens with one attached hydrogen (secondary N) is 3. The molecule has 1 amide bonds. The van der Waals surface area contributed by atoms with Gasteiger partial charge in [-0.2, -0.15) is 5.10 Å². The fraction of sp³-hybridized carbons (Fsp3) is 0.810. The maximum atomic E-state index is 12.1. The minimum atomic E-state index is -0.511. The normalized spacial score (nSPS) is 17.4. The molecule has 178 valence electrons. The summed E-state index contributed by atoms with van der Waals surface area (Å²) in [6, 6.07) is 0.194. The van der Waals surface area contributed by atoms with Gasteiger partial charge in [-0.25, -0.2) is 14.5 Å². The maximum Gasteiger partial charge on any atom is 0.407 e. The van der Waals surface area contributed by atoms with Crippen molar-refractivity contribution in [2.24, 2.45) is 4.99 Å². The van der Waals surface area contributed by atoms with Crippen LogP contribution < -0.4 is 16.0 Å². The summed E-state index contributed by atoms with van der Waals surface area (Å²) in [7, 11) is 1.76. The van der Waals surface area contributed by atoms with Gasteiger partial charge in [0.2, 0.25) is 0 Å². The Morgan fingerprint density at radius 1 is 1.35 bits per heavy atom. The van der Waals surface area contributed by atoms with Crippen LogP contribution in [0.15, 0.2) is 4.99 Å². The van der Waals surface area contributed by atoms with E-state index in [-0.39, 0.29) is 36.1 Å². The minimum absolute atomic E-state index is 0. The number of rotatable bonds is 7. The molecule has 9 nitrogen and oxygen atoms in total. The van der Waals surface area contributed by atoms with Crippen molar-refractivity contribution in [3.63, 3.8) is 0 Å². The van der Waals surface area contributed by atoms with Crippen molar-refractivity contribution < 1.29 is 9.53 Å². The van der Waals surface area contributed by atoms with Crippen molar-refractivity contribution >= 4 is 36.0 Å². The lowest BCUT2D eigenvalue weighted by molar-refractivity contribution is 0.0502. The molecule has 0 radical (unpaired) electrons. The van der Waals surface area contributed by atoms with E-state index in [9.17, 15) is 4.79 Å². The van der Waals surface area contributed by atoms with Crippen LogP contribution in [0.2, 0.25) is 0 Å². The lowest BCUT2D eigenvalue weighted by Crippen LogP contribution is -2.51. The molecule has 3 N–H and O–H groups in total. The summed E-state index contributed by atoms with van der Waals surface area (Å²) >= 11 is 0. The molecule has 31 heavy (non-hydrogen) atoms. The van der Waals surface area contributed by atoms with Crippen LogP contribution >= 0.6 is 24.0 Å². The van der Waals surface area contributed by atoms with E-state index in [1.807, 2.05) is 25.5 Å². The quantitative estimate of drug-likeness (QED) is 0.274. The highest BCUT2D eigenvalue weighted by Crippen LogP contribution is 2.17. The van der Waals surface area contributed by atoms with Crippen LogP contribution in [0.1, 0.15) is 78.4 Å². The van der Waals surface area contributed by atoms with Crippen molar-refractivity contribution in [1.29, 1.82) is 0 Å². The molecule has 1 aromatic rings. The lowest BCUT2D eigenvalue weighted by Gasteiger charge is -2.27. The first-order chi connectivity index (χ1) is 14.1. The number of carbonyl (C=O) groups is 1. The summed E-state index contributed by atoms with van der Waals surface area (Å²) in [6.07, 6.45) is 3.30. The average Bonchev–Trinajstić information content (AvgIpc) is 3.07. The van der Waals surface area contributed by atoms with Gasteiger partial charge in [-0.1, -0.05) is 27.2 Å². The van der Waals surface area contributed by atoms with Gasteiger partial charge in [-0.15, -0.1) is 24.0 Å². The Kier molecular flexibility index (Phi) is 11.0. The number of nitrogens with zero attached hydrogens (tertiary/aromatic N) is 4. The Balaban J connectivity index is 0.00000480. The maximum absolute atomic E-state index is 12.1. The second-order valence-corrected chi connectivity index (χ2v) is 9.19. The molecular weight excluding hydrogens is 509 g/mol. The van der Waals surface area contributed by atoms with E-state index in [0.29, 0.717) is 12.5 Å². The van der Waals surface area contributed by atoms with E-state index >= 15 is 0 Å². The van der Waals surface area contributed by atoms with Crippen molar-refractivity contribution in [3.05, 3.63) is 11.6 Å². The standard InChI is InChI=1S/C21H39N7O2.HI/c1-8-9-15(25-20(29)30-21(4,5)6)12-23-19(22-7)24-16-10-11-17-26-18(14(2)3)27-28(17)13-16;/h14-16H,8-13H2,1-7H3,(H,25,29)(H2,22,23,24);1H. The first-order valence-electron chi connectivity index (χ1n) is 11.0. The van der Waals surface area contributed by atoms with Crippen LogP contribution in [0.3, 0.4) is 0 Å². The van der Waals surface area contributed by atoms with Gasteiger partial charge >= 0.3 is 6.09 Å². The lowest BCUT2D eigenvalue weighted by atomic mass is 10.1. The molecule has 0 aliphatic carbocycles. The molecule has 1 aromatic heterocycles. The van der Waals surface area contributed by atoms with Gasteiger partial charge in [-0.05, 0) is 33.6 Å². The average molecular weight is 550 g/mol. The van der Waals surface area contributed by atoms with Crippen molar-refractivity contribution in [3.8, 4) is 0 Å². The molecule has 2 atom stereocenters. The highest BCUT2D eigenvalue weighted by molar-refractivity contribution is 14.0. The molecule has 0 aromatic carbocycles. The van der Waals surface area contributed by atoms with Crippen LogP contribution in [0, 0.1) is 0 Å². The first kappa shape index (κ1) is 27.4. The van der Waals surface area contributed by atoms with Gasteiger partial charge in [0.05, 0.1) is 6.54 Å². The zero-order valence-electron chi connectivity index (χ0n) is 20.0. The fourth-order valence-electron chi connectivity index (χ4n) is 3.35. The Labute approximate surface area is 203 Å². The summed E-state index contributed by atoms with van der Waals surface area (Å²) in [5.74, 6) is 3.02. The van der Waals surface area contributed by atoms with E-state index in [1.165, 1.54) is 0 Å². The molecule has 0 saturated heterocycles. The summed E-state index contributed by atoms with van der Waals surface area (Å²) < 4.78 is 7.39. The van der Waals surface area contributed by atoms with E-state index in [4.69, 9.17) is 4.74 Å². The Morgan fingerprint density at radius 2 is 2.06 bits per heavy atom. The van der Waals surface area contributed by atoms with E-state index in [2.05, 4.69) is 51.8 Å². The SMILES string of the molecule is CCCC(CNC(=NC)NC1CCc2nc(C(C)C)nn2C1)NC(=O)OC(C)(C)C.I. The number of hydrogen-bond donors (Lipinski definition) is 3.